The highest BCUT2D eigenvalue weighted by Gasteiger charge is 2.26. The average molecular weight is 187 g/mol. The van der Waals surface area contributed by atoms with Gasteiger partial charge in [0.05, 0.1) is 12.1 Å². The van der Waals surface area contributed by atoms with Crippen molar-refractivity contribution in [2.45, 2.75) is 44.4 Å². The Hall–Kier alpha value is -0.810. The van der Waals surface area contributed by atoms with E-state index in [1.165, 1.54) is 0 Å². The lowest BCUT2D eigenvalue weighted by Gasteiger charge is -2.20. The third-order valence-corrected chi connectivity index (χ3v) is 2.50. The highest BCUT2D eigenvalue weighted by Crippen LogP contribution is 2.19. The van der Waals surface area contributed by atoms with Gasteiger partial charge in [0.2, 0.25) is 0 Å². The third kappa shape index (κ3) is 2.57. The predicted molar refractivity (Wildman–Crippen MR) is 49.7 cm³/mol. The fraction of sp³-hybridized carbons (Fsp3) is 0.875. The van der Waals surface area contributed by atoms with Crippen molar-refractivity contribution < 1.29 is 10.3 Å². The molecule has 1 aliphatic rings. The monoisotopic (exact) mass is 187 g/mol. The van der Waals surface area contributed by atoms with E-state index in [-0.39, 0.29) is 24.0 Å². The van der Waals surface area contributed by atoms with Crippen molar-refractivity contribution >= 4 is 5.84 Å². The van der Waals surface area contributed by atoms with Gasteiger partial charge < -0.3 is 21.4 Å². The van der Waals surface area contributed by atoms with E-state index in [4.69, 9.17) is 10.9 Å². The highest BCUT2D eigenvalue weighted by molar-refractivity contribution is 5.84. The van der Waals surface area contributed by atoms with Gasteiger partial charge in [-0.25, -0.2) is 0 Å². The zero-order valence-corrected chi connectivity index (χ0v) is 7.77. The van der Waals surface area contributed by atoms with Crippen molar-refractivity contribution in [2.75, 3.05) is 0 Å². The van der Waals surface area contributed by atoms with Crippen molar-refractivity contribution in [3.8, 4) is 0 Å². The third-order valence-electron chi connectivity index (χ3n) is 2.50. The van der Waals surface area contributed by atoms with Gasteiger partial charge in [-0.05, 0) is 26.2 Å². The quantitative estimate of drug-likeness (QED) is 0.210. The first-order chi connectivity index (χ1) is 6.15. The molecule has 5 N–H and O–H groups in total. The molecule has 0 aromatic heterocycles. The lowest BCUT2D eigenvalue weighted by molar-refractivity contribution is 0.147. The number of amidine groups is 1. The number of nitrogens with two attached hydrogens (primary N) is 1. The number of hydrogen-bond acceptors (Lipinski definition) is 4. The SMILES string of the molecule is CC(NC1CCCC1O)/C(N)=N/O. The fourth-order valence-electron chi connectivity index (χ4n) is 1.63. The number of rotatable bonds is 3. The molecule has 0 saturated heterocycles. The Morgan fingerprint density at radius 1 is 1.62 bits per heavy atom. The van der Waals surface area contributed by atoms with E-state index >= 15 is 0 Å². The molecular weight excluding hydrogens is 170 g/mol. The minimum atomic E-state index is -0.297. The van der Waals surface area contributed by atoms with Gasteiger partial charge in [0.1, 0.15) is 0 Å². The lowest BCUT2D eigenvalue weighted by Crippen LogP contribution is -2.47. The van der Waals surface area contributed by atoms with Crippen molar-refractivity contribution in [1.29, 1.82) is 0 Å². The van der Waals surface area contributed by atoms with E-state index in [1.54, 1.807) is 6.92 Å². The lowest BCUT2D eigenvalue weighted by atomic mass is 10.2. The number of nitrogens with zero attached hydrogens (tertiary/aromatic N) is 1. The zero-order chi connectivity index (χ0) is 9.84. The molecule has 0 spiro atoms. The molecule has 0 aliphatic heterocycles. The van der Waals surface area contributed by atoms with Gasteiger partial charge in [-0.3, -0.25) is 0 Å². The fourth-order valence-corrected chi connectivity index (χ4v) is 1.63. The minimum Gasteiger partial charge on any atom is -0.409 e. The summed E-state index contributed by atoms with van der Waals surface area (Å²) in [6.45, 7) is 1.81. The normalized spacial score (nSPS) is 32.0. The second-order valence-corrected chi connectivity index (χ2v) is 3.52. The summed E-state index contributed by atoms with van der Waals surface area (Å²) in [4.78, 5) is 0. The summed E-state index contributed by atoms with van der Waals surface area (Å²) in [7, 11) is 0. The summed E-state index contributed by atoms with van der Waals surface area (Å²) < 4.78 is 0. The molecule has 1 rings (SSSR count). The Kier molecular flexibility index (Phi) is 3.50. The first-order valence-corrected chi connectivity index (χ1v) is 4.56. The molecule has 0 amide bonds. The Morgan fingerprint density at radius 2 is 2.31 bits per heavy atom. The van der Waals surface area contributed by atoms with Gasteiger partial charge >= 0.3 is 0 Å². The van der Waals surface area contributed by atoms with Crippen molar-refractivity contribution in [3.05, 3.63) is 0 Å². The highest BCUT2D eigenvalue weighted by atomic mass is 16.4. The van der Waals surface area contributed by atoms with Crippen LogP contribution in [0.1, 0.15) is 26.2 Å². The molecule has 0 bridgehead atoms. The van der Waals surface area contributed by atoms with E-state index in [1.807, 2.05) is 0 Å². The minimum absolute atomic E-state index is 0.0790. The average Bonchev–Trinajstić information content (AvgIpc) is 2.50. The molecule has 1 fully saturated rings. The molecule has 0 aromatic rings. The van der Waals surface area contributed by atoms with Crippen LogP contribution in [0.15, 0.2) is 5.16 Å². The molecule has 0 radical (unpaired) electrons. The van der Waals surface area contributed by atoms with Gasteiger partial charge in [-0.15, -0.1) is 0 Å². The molecule has 3 unspecified atom stereocenters. The van der Waals surface area contributed by atoms with Crippen LogP contribution in [-0.4, -0.2) is 34.3 Å². The summed E-state index contributed by atoms with van der Waals surface area (Å²) in [5.41, 5.74) is 5.40. The Morgan fingerprint density at radius 3 is 2.77 bits per heavy atom. The maximum atomic E-state index is 9.49. The second-order valence-electron chi connectivity index (χ2n) is 3.52. The predicted octanol–water partition coefficient (Wildman–Crippen LogP) is -0.376. The van der Waals surface area contributed by atoms with Crippen LogP contribution in [0.5, 0.6) is 0 Å². The van der Waals surface area contributed by atoms with E-state index in [2.05, 4.69) is 10.5 Å². The van der Waals surface area contributed by atoms with E-state index in [9.17, 15) is 5.11 Å². The van der Waals surface area contributed by atoms with E-state index in [0.29, 0.717) is 0 Å². The summed E-state index contributed by atoms with van der Waals surface area (Å²) in [5, 5.41) is 23.9. The van der Waals surface area contributed by atoms with Gasteiger partial charge in [0, 0.05) is 6.04 Å². The summed E-state index contributed by atoms with van der Waals surface area (Å²) >= 11 is 0. The van der Waals surface area contributed by atoms with Gasteiger partial charge in [0.25, 0.3) is 0 Å². The van der Waals surface area contributed by atoms with Crippen molar-refractivity contribution in [3.63, 3.8) is 0 Å². The van der Waals surface area contributed by atoms with Gasteiger partial charge in [0.15, 0.2) is 5.84 Å². The Labute approximate surface area is 77.6 Å². The van der Waals surface area contributed by atoms with Crippen LogP contribution >= 0.6 is 0 Å². The van der Waals surface area contributed by atoms with Crippen LogP contribution < -0.4 is 11.1 Å². The number of nitrogens with one attached hydrogen (secondary N) is 1. The number of hydrogen-bond donors (Lipinski definition) is 4. The summed E-state index contributed by atoms with van der Waals surface area (Å²) in [6, 6.07) is -0.113. The maximum absolute atomic E-state index is 9.49. The molecule has 1 saturated carbocycles. The smallest absolute Gasteiger partial charge is 0.156 e. The molecule has 0 heterocycles. The van der Waals surface area contributed by atoms with Crippen LogP contribution in [0.2, 0.25) is 0 Å². The molecule has 3 atom stereocenters. The molecule has 1 aliphatic carbocycles. The van der Waals surface area contributed by atoms with Crippen molar-refractivity contribution in [2.24, 2.45) is 10.9 Å². The molecule has 76 valence electrons. The van der Waals surface area contributed by atoms with Crippen LogP contribution in [0.4, 0.5) is 0 Å². The van der Waals surface area contributed by atoms with E-state index in [0.717, 1.165) is 19.3 Å². The standard InChI is InChI=1S/C8H17N3O2/c1-5(8(9)11-13)10-6-3-2-4-7(6)12/h5-7,10,12-13H,2-4H2,1H3,(H2,9,11). The second kappa shape index (κ2) is 4.43. The summed E-state index contributed by atoms with van der Waals surface area (Å²) in [5.74, 6) is 0.152. The Balaban J connectivity index is 2.39. The van der Waals surface area contributed by atoms with Gasteiger partial charge in [-0.2, -0.15) is 0 Å². The van der Waals surface area contributed by atoms with Crippen molar-refractivity contribution in [1.82, 2.24) is 5.32 Å². The molecular formula is C8H17N3O2. The van der Waals surface area contributed by atoms with Gasteiger partial charge in [-0.1, -0.05) is 5.16 Å². The first kappa shape index (κ1) is 10.3. The maximum Gasteiger partial charge on any atom is 0.156 e. The molecule has 5 heteroatoms. The van der Waals surface area contributed by atoms with Crippen LogP contribution in [0.25, 0.3) is 0 Å². The molecule has 0 aromatic carbocycles. The largest absolute Gasteiger partial charge is 0.409 e. The van der Waals surface area contributed by atoms with Crippen LogP contribution in [0, 0.1) is 0 Å². The zero-order valence-electron chi connectivity index (χ0n) is 7.77. The summed E-state index contributed by atoms with van der Waals surface area (Å²) in [6.07, 6.45) is 2.51. The van der Waals surface area contributed by atoms with Crippen LogP contribution in [-0.2, 0) is 0 Å². The molecule has 5 nitrogen and oxygen atoms in total. The first-order valence-electron chi connectivity index (χ1n) is 4.56. The van der Waals surface area contributed by atoms with Crippen LogP contribution in [0.3, 0.4) is 0 Å². The number of oxime groups is 1. The Bertz CT molecular complexity index is 196. The molecule has 13 heavy (non-hydrogen) atoms. The number of aliphatic hydroxyl groups excluding tert-OH is 1. The topological polar surface area (TPSA) is 90.9 Å². The number of aliphatic hydroxyl groups is 1. The van der Waals surface area contributed by atoms with E-state index < -0.39 is 0 Å².